The van der Waals surface area contributed by atoms with E-state index in [1.807, 2.05) is 36.4 Å². The third kappa shape index (κ3) is 8.26. The van der Waals surface area contributed by atoms with Gasteiger partial charge in [0.05, 0.1) is 12.9 Å². The highest BCUT2D eigenvalue weighted by molar-refractivity contribution is 7.86. The Hall–Kier alpha value is -2.84. The molecule has 7 nitrogen and oxygen atoms in total. The molecule has 2 aromatic rings. The molecular weight excluding hydrogens is 406 g/mol. The summed E-state index contributed by atoms with van der Waals surface area (Å²) in [6.45, 7) is 2.71. The minimum Gasteiger partial charge on any atom is -0.464 e. The van der Waals surface area contributed by atoms with Gasteiger partial charge in [0.1, 0.15) is 5.75 Å². The van der Waals surface area contributed by atoms with Gasteiger partial charge in [-0.2, -0.15) is 8.42 Å². The Morgan fingerprint density at radius 3 is 2.33 bits per heavy atom. The van der Waals surface area contributed by atoms with Crippen molar-refractivity contribution in [1.29, 1.82) is 0 Å². The summed E-state index contributed by atoms with van der Waals surface area (Å²) in [4.78, 5) is 11.8. The molecule has 1 N–H and O–H groups in total. The van der Waals surface area contributed by atoms with Crippen molar-refractivity contribution in [2.45, 2.75) is 19.4 Å². The van der Waals surface area contributed by atoms with Gasteiger partial charge in [-0.3, -0.25) is 0 Å². The molecule has 0 spiro atoms. The fourth-order valence-corrected chi connectivity index (χ4v) is 3.11. The lowest BCUT2D eigenvalue weighted by Gasteiger charge is -2.14. The van der Waals surface area contributed by atoms with Crippen molar-refractivity contribution in [2.24, 2.45) is 0 Å². The third-order valence-corrected chi connectivity index (χ3v) is 4.57. The molecule has 0 aliphatic heterocycles. The highest BCUT2D eigenvalue weighted by atomic mass is 32.2. The molecule has 0 aliphatic rings. The lowest BCUT2D eigenvalue weighted by Crippen LogP contribution is -2.27. The molecular formula is C22H27NO6S. The van der Waals surface area contributed by atoms with Crippen molar-refractivity contribution in [1.82, 2.24) is 0 Å². The summed E-state index contributed by atoms with van der Waals surface area (Å²) in [5.41, 5.74) is 2.86. The first-order valence-corrected chi connectivity index (χ1v) is 11.3. The van der Waals surface area contributed by atoms with E-state index in [1.165, 1.54) is 7.11 Å². The SMILES string of the molecule is CCOC(=O)[C@H](Cc1ccc(NC/C=C/c2ccc(OS(C)(=O)=O)cc2)cc1)OC. The van der Waals surface area contributed by atoms with Crippen molar-refractivity contribution in [3.63, 3.8) is 0 Å². The van der Waals surface area contributed by atoms with Gasteiger partial charge in [-0.05, 0) is 42.3 Å². The summed E-state index contributed by atoms with van der Waals surface area (Å²) in [6, 6.07) is 14.5. The van der Waals surface area contributed by atoms with Crippen molar-refractivity contribution >= 4 is 27.9 Å². The van der Waals surface area contributed by atoms with Crippen molar-refractivity contribution in [3.8, 4) is 5.75 Å². The Morgan fingerprint density at radius 2 is 1.77 bits per heavy atom. The molecule has 0 amide bonds. The fraction of sp³-hybridized carbons (Fsp3) is 0.318. The second-order valence-electron chi connectivity index (χ2n) is 6.52. The van der Waals surface area contributed by atoms with Crippen LogP contribution in [0.5, 0.6) is 5.75 Å². The molecule has 0 saturated carbocycles. The number of methoxy groups -OCH3 is 1. The maximum absolute atomic E-state index is 11.8. The van der Waals surface area contributed by atoms with Crippen LogP contribution in [0.15, 0.2) is 54.6 Å². The number of rotatable bonds is 11. The molecule has 8 heteroatoms. The van der Waals surface area contributed by atoms with Crippen LogP contribution in [0.3, 0.4) is 0 Å². The largest absolute Gasteiger partial charge is 0.464 e. The van der Waals surface area contributed by atoms with E-state index in [1.54, 1.807) is 31.2 Å². The molecule has 0 bridgehead atoms. The molecule has 0 saturated heterocycles. The van der Waals surface area contributed by atoms with Crippen LogP contribution in [0.4, 0.5) is 5.69 Å². The molecule has 0 heterocycles. The minimum atomic E-state index is -3.52. The van der Waals surface area contributed by atoms with Gasteiger partial charge in [0, 0.05) is 25.8 Å². The van der Waals surface area contributed by atoms with E-state index in [0.717, 1.165) is 23.1 Å². The van der Waals surface area contributed by atoms with Crippen LogP contribution in [0.2, 0.25) is 0 Å². The Bertz CT molecular complexity index is 937. The molecule has 30 heavy (non-hydrogen) atoms. The van der Waals surface area contributed by atoms with Gasteiger partial charge in [-0.1, -0.05) is 36.4 Å². The molecule has 0 aromatic heterocycles. The van der Waals surface area contributed by atoms with Crippen LogP contribution >= 0.6 is 0 Å². The van der Waals surface area contributed by atoms with Crippen molar-refractivity contribution in [3.05, 3.63) is 65.7 Å². The van der Waals surface area contributed by atoms with E-state index >= 15 is 0 Å². The van der Waals surface area contributed by atoms with Crippen LogP contribution in [0.1, 0.15) is 18.1 Å². The summed E-state index contributed by atoms with van der Waals surface area (Å²) in [5.74, 6) is -0.0743. The zero-order chi connectivity index (χ0) is 22.0. The van der Waals surface area contributed by atoms with Crippen LogP contribution in [0, 0.1) is 0 Å². The van der Waals surface area contributed by atoms with E-state index < -0.39 is 16.2 Å². The predicted octanol–water partition coefficient (Wildman–Crippen LogP) is 3.27. The van der Waals surface area contributed by atoms with Gasteiger partial charge in [0.2, 0.25) is 0 Å². The van der Waals surface area contributed by atoms with Crippen LogP contribution in [0.25, 0.3) is 6.08 Å². The third-order valence-electron chi connectivity index (χ3n) is 4.07. The number of esters is 1. The Kier molecular flexibility index (Phi) is 8.89. The van der Waals surface area contributed by atoms with Crippen molar-refractivity contribution in [2.75, 3.05) is 31.8 Å². The number of hydrogen-bond donors (Lipinski definition) is 1. The molecule has 0 aliphatic carbocycles. The van der Waals surface area contributed by atoms with Gasteiger partial charge in [0.25, 0.3) is 0 Å². The highest BCUT2D eigenvalue weighted by Crippen LogP contribution is 2.15. The average Bonchev–Trinajstić information content (AvgIpc) is 2.70. The smallest absolute Gasteiger partial charge is 0.335 e. The van der Waals surface area contributed by atoms with E-state index in [2.05, 4.69) is 5.32 Å². The number of anilines is 1. The number of benzene rings is 2. The summed E-state index contributed by atoms with van der Waals surface area (Å²) in [7, 11) is -2.02. The molecule has 2 rings (SSSR count). The number of nitrogens with one attached hydrogen (secondary N) is 1. The monoisotopic (exact) mass is 433 g/mol. The topological polar surface area (TPSA) is 90.9 Å². The van der Waals surface area contributed by atoms with E-state index in [9.17, 15) is 13.2 Å². The van der Waals surface area contributed by atoms with Gasteiger partial charge in [-0.25, -0.2) is 4.79 Å². The van der Waals surface area contributed by atoms with Crippen LogP contribution < -0.4 is 9.50 Å². The molecule has 0 unspecified atom stereocenters. The van der Waals surface area contributed by atoms with Crippen LogP contribution in [-0.4, -0.2) is 47.0 Å². The molecule has 0 fully saturated rings. The molecule has 2 aromatic carbocycles. The van der Waals surface area contributed by atoms with Crippen molar-refractivity contribution < 1.29 is 26.9 Å². The Labute approximate surface area is 177 Å². The second-order valence-corrected chi connectivity index (χ2v) is 8.09. The Balaban J connectivity index is 1.83. The first kappa shape index (κ1) is 23.4. The second kappa shape index (κ2) is 11.4. The highest BCUT2D eigenvalue weighted by Gasteiger charge is 2.19. The summed E-state index contributed by atoms with van der Waals surface area (Å²) in [6.07, 6.45) is 4.74. The lowest BCUT2D eigenvalue weighted by atomic mass is 10.1. The van der Waals surface area contributed by atoms with Gasteiger partial charge in [-0.15, -0.1) is 0 Å². The maximum Gasteiger partial charge on any atom is 0.335 e. The quantitative estimate of drug-likeness (QED) is 0.430. The summed E-state index contributed by atoms with van der Waals surface area (Å²) >= 11 is 0. The summed E-state index contributed by atoms with van der Waals surface area (Å²) in [5, 5.41) is 3.28. The zero-order valence-corrected chi connectivity index (χ0v) is 18.1. The number of carbonyl (C=O) groups is 1. The molecule has 162 valence electrons. The van der Waals surface area contributed by atoms with Gasteiger partial charge < -0.3 is 19.0 Å². The minimum absolute atomic E-state index is 0.284. The predicted molar refractivity (Wildman–Crippen MR) is 117 cm³/mol. The maximum atomic E-state index is 11.8. The van der Waals surface area contributed by atoms with E-state index in [0.29, 0.717) is 19.6 Å². The van der Waals surface area contributed by atoms with E-state index in [4.69, 9.17) is 13.7 Å². The Morgan fingerprint density at radius 1 is 1.10 bits per heavy atom. The standard InChI is InChI=1S/C22H27NO6S/c1-4-28-22(24)21(27-2)16-18-7-11-19(12-8-18)23-15-5-6-17-9-13-20(14-10-17)29-30(3,25)26/h5-14,21,23H,4,15-16H2,1-3H3/b6-5+/t21-/m0/s1. The van der Waals surface area contributed by atoms with Crippen LogP contribution in [-0.2, 0) is 30.8 Å². The molecule has 0 radical (unpaired) electrons. The molecule has 1 atom stereocenters. The summed E-state index contributed by atoms with van der Waals surface area (Å²) < 4.78 is 37.2. The first-order valence-electron chi connectivity index (χ1n) is 9.49. The first-order chi connectivity index (χ1) is 14.3. The number of ether oxygens (including phenoxy) is 2. The lowest BCUT2D eigenvalue weighted by molar-refractivity contribution is -0.154. The number of carbonyl (C=O) groups excluding carboxylic acids is 1. The van der Waals surface area contributed by atoms with E-state index in [-0.39, 0.29) is 11.7 Å². The average molecular weight is 434 g/mol. The zero-order valence-electron chi connectivity index (χ0n) is 17.3. The number of hydrogen-bond acceptors (Lipinski definition) is 7. The van der Waals surface area contributed by atoms with Gasteiger partial charge in [0.15, 0.2) is 6.10 Å². The van der Waals surface area contributed by atoms with Gasteiger partial charge >= 0.3 is 16.1 Å². The fourth-order valence-electron chi connectivity index (χ4n) is 2.65. The normalized spacial score (nSPS) is 12.5.